The van der Waals surface area contributed by atoms with E-state index >= 15 is 0 Å². The second-order valence-corrected chi connectivity index (χ2v) is 4.11. The van der Waals surface area contributed by atoms with Gasteiger partial charge in [-0.25, -0.2) is 9.37 Å². The fourth-order valence-electron chi connectivity index (χ4n) is 2.11. The maximum Gasteiger partial charge on any atom is 0.205 e. The second-order valence-electron chi connectivity index (χ2n) is 4.11. The number of nitrogens with zero attached hydrogens (tertiary/aromatic N) is 2. The fourth-order valence-corrected chi connectivity index (χ4v) is 2.11. The van der Waals surface area contributed by atoms with Gasteiger partial charge in [0.1, 0.15) is 0 Å². The number of hydrogen-bond donors (Lipinski definition) is 1. The summed E-state index contributed by atoms with van der Waals surface area (Å²) >= 11 is 0. The minimum Gasteiger partial charge on any atom is -0.494 e. The molecule has 0 atom stereocenters. The topological polar surface area (TPSA) is 53.1 Å². The Labute approximate surface area is 109 Å². The third kappa shape index (κ3) is 1.79. The number of fused-ring (bicyclic) bond motifs is 1. The van der Waals surface area contributed by atoms with Gasteiger partial charge in [0.25, 0.3) is 0 Å². The lowest BCUT2D eigenvalue weighted by Crippen LogP contribution is -2.01. The van der Waals surface area contributed by atoms with Crippen LogP contribution in [-0.4, -0.2) is 16.7 Å². The first kappa shape index (κ1) is 11.5. The Morgan fingerprint density at radius 2 is 2.00 bits per heavy atom. The Kier molecular flexibility index (Phi) is 2.59. The van der Waals surface area contributed by atoms with Crippen molar-refractivity contribution in [2.24, 2.45) is 0 Å². The lowest BCUT2D eigenvalue weighted by atomic mass is 10.2. The van der Waals surface area contributed by atoms with Crippen molar-refractivity contribution in [3.63, 3.8) is 0 Å². The minimum absolute atomic E-state index is 0.201. The van der Waals surface area contributed by atoms with Crippen LogP contribution in [0.1, 0.15) is 0 Å². The number of benzene rings is 2. The maximum atomic E-state index is 13.8. The van der Waals surface area contributed by atoms with Crippen LogP contribution in [0.3, 0.4) is 0 Å². The molecule has 0 aliphatic carbocycles. The van der Waals surface area contributed by atoms with Crippen LogP contribution in [0.5, 0.6) is 5.75 Å². The largest absolute Gasteiger partial charge is 0.494 e. The summed E-state index contributed by atoms with van der Waals surface area (Å²) in [6.45, 7) is 0. The highest BCUT2D eigenvalue weighted by molar-refractivity contribution is 5.80. The van der Waals surface area contributed by atoms with Crippen molar-refractivity contribution in [3.8, 4) is 11.4 Å². The van der Waals surface area contributed by atoms with Crippen molar-refractivity contribution in [3.05, 3.63) is 48.3 Å². The highest BCUT2D eigenvalue weighted by Crippen LogP contribution is 2.26. The van der Waals surface area contributed by atoms with Crippen LogP contribution < -0.4 is 10.5 Å². The van der Waals surface area contributed by atoms with Gasteiger partial charge >= 0.3 is 0 Å². The van der Waals surface area contributed by atoms with Crippen LogP contribution in [0, 0.1) is 5.82 Å². The van der Waals surface area contributed by atoms with Crippen molar-refractivity contribution in [2.45, 2.75) is 0 Å². The van der Waals surface area contributed by atoms with Crippen LogP contribution in [0.4, 0.5) is 10.3 Å². The summed E-state index contributed by atoms with van der Waals surface area (Å²) in [6.07, 6.45) is 0. The van der Waals surface area contributed by atoms with Gasteiger partial charge in [0.15, 0.2) is 11.6 Å². The number of aromatic nitrogens is 2. The number of ether oxygens (including phenoxy) is 1. The molecule has 0 saturated carbocycles. The summed E-state index contributed by atoms with van der Waals surface area (Å²) < 4.78 is 20.4. The normalized spacial score (nSPS) is 10.8. The Balaban J connectivity index is 2.24. The molecule has 4 nitrogen and oxygen atoms in total. The third-order valence-electron chi connectivity index (χ3n) is 2.98. The summed E-state index contributed by atoms with van der Waals surface area (Å²) in [4.78, 5) is 4.25. The number of nitrogens with two attached hydrogens (primary N) is 1. The SMILES string of the molecule is COc1ccc(-n2c(N)nc3ccccc32)cc1F. The lowest BCUT2D eigenvalue weighted by molar-refractivity contribution is 0.386. The average Bonchev–Trinajstić information content (AvgIpc) is 2.74. The molecule has 0 unspecified atom stereocenters. The van der Waals surface area contributed by atoms with Crippen molar-refractivity contribution in [2.75, 3.05) is 12.8 Å². The molecule has 0 bridgehead atoms. The molecule has 1 heterocycles. The third-order valence-corrected chi connectivity index (χ3v) is 2.98. The van der Waals surface area contributed by atoms with Crippen molar-refractivity contribution in [1.29, 1.82) is 0 Å². The first-order valence-corrected chi connectivity index (χ1v) is 5.77. The van der Waals surface area contributed by atoms with Gasteiger partial charge in [-0.15, -0.1) is 0 Å². The van der Waals surface area contributed by atoms with Crippen molar-refractivity contribution in [1.82, 2.24) is 9.55 Å². The molecule has 19 heavy (non-hydrogen) atoms. The zero-order valence-electron chi connectivity index (χ0n) is 10.3. The van der Waals surface area contributed by atoms with E-state index < -0.39 is 5.82 Å². The highest BCUT2D eigenvalue weighted by atomic mass is 19.1. The predicted molar refractivity (Wildman–Crippen MR) is 72.0 cm³/mol. The molecule has 0 fully saturated rings. The Morgan fingerprint density at radius 3 is 2.74 bits per heavy atom. The molecule has 5 heteroatoms. The number of anilines is 1. The summed E-state index contributed by atoms with van der Waals surface area (Å²) in [7, 11) is 1.43. The van der Waals surface area contributed by atoms with Gasteiger partial charge in [0, 0.05) is 6.07 Å². The van der Waals surface area contributed by atoms with Gasteiger partial charge in [-0.05, 0) is 24.3 Å². The van der Waals surface area contributed by atoms with Gasteiger partial charge in [-0.1, -0.05) is 12.1 Å². The van der Waals surface area contributed by atoms with E-state index in [0.29, 0.717) is 11.6 Å². The number of imidazole rings is 1. The molecule has 0 saturated heterocycles. The van der Waals surface area contributed by atoms with Crippen molar-refractivity contribution >= 4 is 17.0 Å². The van der Waals surface area contributed by atoms with Gasteiger partial charge in [-0.3, -0.25) is 4.57 Å². The summed E-state index contributed by atoms with van der Waals surface area (Å²) in [5.74, 6) is 0.0923. The molecule has 1 aromatic heterocycles. The molecule has 2 N–H and O–H groups in total. The van der Waals surface area contributed by atoms with Crippen LogP contribution in [-0.2, 0) is 0 Å². The van der Waals surface area contributed by atoms with Crippen LogP contribution in [0.15, 0.2) is 42.5 Å². The molecule has 0 aliphatic rings. The first-order valence-electron chi connectivity index (χ1n) is 5.77. The van der Waals surface area contributed by atoms with Gasteiger partial charge in [0.2, 0.25) is 5.95 Å². The molecule has 0 amide bonds. The van der Waals surface area contributed by atoms with Crippen LogP contribution in [0.2, 0.25) is 0 Å². The van der Waals surface area contributed by atoms with E-state index in [1.807, 2.05) is 24.3 Å². The number of hydrogen-bond acceptors (Lipinski definition) is 3. The molecule has 0 spiro atoms. The van der Waals surface area contributed by atoms with E-state index in [-0.39, 0.29) is 5.75 Å². The van der Waals surface area contributed by atoms with Gasteiger partial charge in [0.05, 0.1) is 23.8 Å². The molecule has 96 valence electrons. The fraction of sp³-hybridized carbons (Fsp3) is 0.0714. The summed E-state index contributed by atoms with van der Waals surface area (Å²) in [6, 6.07) is 12.2. The first-order chi connectivity index (χ1) is 9.20. The predicted octanol–water partition coefficient (Wildman–Crippen LogP) is 2.76. The summed E-state index contributed by atoms with van der Waals surface area (Å²) in [5.41, 5.74) is 8.13. The Morgan fingerprint density at radius 1 is 1.21 bits per heavy atom. The van der Waals surface area contributed by atoms with E-state index in [1.165, 1.54) is 13.2 Å². The monoisotopic (exact) mass is 257 g/mol. The second kappa shape index (κ2) is 4.28. The van der Waals surface area contributed by atoms with E-state index in [1.54, 1.807) is 16.7 Å². The quantitative estimate of drug-likeness (QED) is 0.768. The number of para-hydroxylation sites is 2. The smallest absolute Gasteiger partial charge is 0.205 e. The Hall–Kier alpha value is -2.56. The lowest BCUT2D eigenvalue weighted by Gasteiger charge is -2.08. The zero-order chi connectivity index (χ0) is 13.4. The number of rotatable bonds is 2. The number of halogens is 1. The molecule has 0 aliphatic heterocycles. The van der Waals surface area contributed by atoms with Gasteiger partial charge < -0.3 is 10.5 Å². The van der Waals surface area contributed by atoms with Crippen LogP contribution in [0.25, 0.3) is 16.7 Å². The molecular weight excluding hydrogens is 245 g/mol. The van der Waals surface area contributed by atoms with E-state index in [9.17, 15) is 4.39 Å². The highest BCUT2D eigenvalue weighted by Gasteiger charge is 2.11. The van der Waals surface area contributed by atoms with E-state index in [4.69, 9.17) is 10.5 Å². The molecule has 3 rings (SSSR count). The molecule has 2 aromatic carbocycles. The van der Waals surface area contributed by atoms with Gasteiger partial charge in [-0.2, -0.15) is 0 Å². The van der Waals surface area contributed by atoms with Crippen LogP contribution >= 0.6 is 0 Å². The van der Waals surface area contributed by atoms with Crippen molar-refractivity contribution < 1.29 is 9.13 Å². The molecule has 3 aromatic rings. The minimum atomic E-state index is -0.433. The number of methoxy groups -OCH3 is 1. The standard InChI is InChI=1S/C14H12FN3O/c1-19-13-7-6-9(8-10(13)15)18-12-5-3-2-4-11(12)17-14(18)16/h2-8H,1H3,(H2,16,17). The Bertz CT molecular complexity index is 752. The summed E-state index contributed by atoms with van der Waals surface area (Å²) in [5, 5.41) is 0. The average molecular weight is 257 g/mol. The number of nitrogen functional groups attached to an aromatic ring is 1. The maximum absolute atomic E-state index is 13.8. The molecule has 0 radical (unpaired) electrons. The van der Waals surface area contributed by atoms with E-state index in [0.717, 1.165) is 11.0 Å². The molecular formula is C14H12FN3O. The zero-order valence-corrected chi connectivity index (χ0v) is 10.3. The van der Waals surface area contributed by atoms with E-state index in [2.05, 4.69) is 4.98 Å².